The van der Waals surface area contributed by atoms with E-state index in [9.17, 15) is 5.26 Å². The Hall–Kier alpha value is -2.27. The molecule has 1 saturated heterocycles. The van der Waals surface area contributed by atoms with E-state index in [0.717, 1.165) is 12.0 Å². The van der Waals surface area contributed by atoms with Crippen LogP contribution in [0.15, 0.2) is 36.4 Å². The summed E-state index contributed by atoms with van der Waals surface area (Å²) in [5.74, 6) is 1.28. The van der Waals surface area contributed by atoms with Crippen molar-refractivity contribution >= 4 is 5.69 Å². The molecule has 0 amide bonds. The minimum atomic E-state index is 0.324. The Kier molecular flexibility index (Phi) is 6.45. The van der Waals surface area contributed by atoms with Crippen LogP contribution in [0.2, 0.25) is 0 Å². The number of rotatable bonds is 6. The second kappa shape index (κ2) is 8.82. The van der Waals surface area contributed by atoms with E-state index < -0.39 is 0 Å². The zero-order valence-electron chi connectivity index (χ0n) is 18.1. The Morgan fingerprint density at radius 3 is 2.21 bits per heavy atom. The molecular weight excluding hydrogens is 340 g/mol. The molecule has 1 heterocycles. The summed E-state index contributed by atoms with van der Waals surface area (Å²) in [5, 5.41) is 9.67. The zero-order chi connectivity index (χ0) is 20.3. The third-order valence-electron chi connectivity index (χ3n) is 6.08. The van der Waals surface area contributed by atoms with Crippen molar-refractivity contribution in [1.29, 1.82) is 5.26 Å². The quantitative estimate of drug-likeness (QED) is 0.559. The van der Waals surface area contributed by atoms with Crippen LogP contribution in [0, 0.1) is 11.3 Å². The molecule has 0 bridgehead atoms. The zero-order valence-corrected chi connectivity index (χ0v) is 18.1. The van der Waals surface area contributed by atoms with Gasteiger partial charge in [-0.05, 0) is 71.4 Å². The molecule has 0 aliphatic carbocycles. The molecule has 0 N–H and O–H groups in total. The van der Waals surface area contributed by atoms with E-state index in [4.69, 9.17) is 0 Å². The monoisotopic (exact) mass is 374 g/mol. The van der Waals surface area contributed by atoms with Crippen LogP contribution in [0.1, 0.15) is 93.0 Å². The predicted octanol–water partition coefficient (Wildman–Crippen LogP) is 6.75. The summed E-state index contributed by atoms with van der Waals surface area (Å²) in [6.45, 7) is 13.6. The van der Waals surface area contributed by atoms with Crippen molar-refractivity contribution in [3.8, 4) is 6.07 Å². The van der Waals surface area contributed by atoms with Crippen molar-refractivity contribution in [2.45, 2.75) is 71.6 Å². The Bertz CT molecular complexity index is 851. The van der Waals surface area contributed by atoms with Crippen LogP contribution in [0.25, 0.3) is 0 Å². The van der Waals surface area contributed by atoms with Crippen molar-refractivity contribution in [1.82, 2.24) is 0 Å². The first-order valence-electron chi connectivity index (χ1n) is 10.8. The van der Waals surface area contributed by atoms with Crippen LogP contribution in [0.5, 0.6) is 0 Å². The molecular formula is C26H34N2. The Morgan fingerprint density at radius 1 is 0.929 bits per heavy atom. The van der Waals surface area contributed by atoms with Gasteiger partial charge in [0, 0.05) is 18.8 Å². The predicted molar refractivity (Wildman–Crippen MR) is 119 cm³/mol. The van der Waals surface area contributed by atoms with Crippen molar-refractivity contribution in [3.63, 3.8) is 0 Å². The molecule has 148 valence electrons. The van der Waals surface area contributed by atoms with E-state index in [2.05, 4.69) is 69.9 Å². The maximum atomic E-state index is 9.67. The van der Waals surface area contributed by atoms with Gasteiger partial charge in [0.05, 0.1) is 11.6 Å². The van der Waals surface area contributed by atoms with E-state index in [-0.39, 0.29) is 0 Å². The highest BCUT2D eigenvalue weighted by atomic mass is 15.1. The summed E-state index contributed by atoms with van der Waals surface area (Å²) >= 11 is 0. The summed E-state index contributed by atoms with van der Waals surface area (Å²) in [5.41, 5.74) is 7.63. The molecule has 0 aromatic heterocycles. The number of nitrogens with zero attached hydrogens (tertiary/aromatic N) is 2. The third-order valence-corrected chi connectivity index (χ3v) is 6.08. The standard InChI is InChI=1S/C26H34N2/c1-18(2)23-12-11-21(16-25(23)28-13-6-7-14-28)15-20(5)26-22(17-27)9-8-10-24(26)19(3)4/h8-12,16,18-20H,6-7,13-15H2,1-5H3. The Labute approximate surface area is 171 Å². The summed E-state index contributed by atoms with van der Waals surface area (Å²) in [4.78, 5) is 2.56. The second-order valence-electron chi connectivity index (χ2n) is 8.92. The molecule has 0 radical (unpaired) electrons. The van der Waals surface area contributed by atoms with Gasteiger partial charge < -0.3 is 4.90 Å². The highest BCUT2D eigenvalue weighted by Crippen LogP contribution is 2.35. The Balaban J connectivity index is 1.94. The van der Waals surface area contributed by atoms with Gasteiger partial charge in [-0.25, -0.2) is 0 Å². The molecule has 1 aliphatic heterocycles. The molecule has 0 spiro atoms. The number of hydrogen-bond donors (Lipinski definition) is 0. The smallest absolute Gasteiger partial charge is 0.0994 e. The van der Waals surface area contributed by atoms with Gasteiger partial charge in [0.15, 0.2) is 0 Å². The first-order valence-corrected chi connectivity index (χ1v) is 10.8. The van der Waals surface area contributed by atoms with Gasteiger partial charge in [0.1, 0.15) is 0 Å². The van der Waals surface area contributed by atoms with Crippen LogP contribution in [0.3, 0.4) is 0 Å². The molecule has 2 nitrogen and oxygen atoms in total. The number of benzene rings is 2. The van der Waals surface area contributed by atoms with Gasteiger partial charge in [-0.3, -0.25) is 0 Å². The fourth-order valence-corrected chi connectivity index (χ4v) is 4.63. The van der Waals surface area contributed by atoms with Crippen molar-refractivity contribution in [2.24, 2.45) is 0 Å². The molecule has 28 heavy (non-hydrogen) atoms. The minimum Gasteiger partial charge on any atom is -0.371 e. The second-order valence-corrected chi connectivity index (χ2v) is 8.92. The lowest BCUT2D eigenvalue weighted by molar-refractivity contribution is 0.723. The molecule has 2 aromatic carbocycles. The SMILES string of the molecule is CC(C)c1ccc(CC(C)c2c(C#N)cccc2C(C)C)cc1N1CCCC1. The normalized spacial score (nSPS) is 15.3. The summed E-state index contributed by atoms with van der Waals surface area (Å²) in [6, 6.07) is 15.7. The molecule has 0 saturated carbocycles. The summed E-state index contributed by atoms with van der Waals surface area (Å²) in [7, 11) is 0. The maximum absolute atomic E-state index is 9.67. The van der Waals surface area contributed by atoms with E-state index >= 15 is 0 Å². The molecule has 2 aromatic rings. The van der Waals surface area contributed by atoms with Crippen LogP contribution >= 0.6 is 0 Å². The average molecular weight is 375 g/mol. The number of anilines is 1. The van der Waals surface area contributed by atoms with Crippen LogP contribution in [-0.4, -0.2) is 13.1 Å². The molecule has 3 rings (SSSR count). The fourth-order valence-electron chi connectivity index (χ4n) is 4.63. The van der Waals surface area contributed by atoms with Gasteiger partial charge in [0.25, 0.3) is 0 Å². The van der Waals surface area contributed by atoms with Gasteiger partial charge in [-0.2, -0.15) is 5.26 Å². The number of nitriles is 1. The topological polar surface area (TPSA) is 27.0 Å². The largest absolute Gasteiger partial charge is 0.371 e. The molecule has 1 atom stereocenters. The molecule has 2 heteroatoms. The first-order chi connectivity index (χ1) is 13.4. The lowest BCUT2D eigenvalue weighted by Crippen LogP contribution is -2.20. The van der Waals surface area contributed by atoms with Crippen LogP contribution in [0.4, 0.5) is 5.69 Å². The highest BCUT2D eigenvalue weighted by molar-refractivity contribution is 5.58. The molecule has 1 aliphatic rings. The van der Waals surface area contributed by atoms with E-state index in [1.54, 1.807) is 0 Å². The van der Waals surface area contributed by atoms with Gasteiger partial charge >= 0.3 is 0 Å². The summed E-state index contributed by atoms with van der Waals surface area (Å²) < 4.78 is 0. The van der Waals surface area contributed by atoms with Gasteiger partial charge in [-0.1, -0.05) is 58.9 Å². The van der Waals surface area contributed by atoms with E-state index in [0.29, 0.717) is 17.8 Å². The maximum Gasteiger partial charge on any atom is 0.0994 e. The summed E-state index contributed by atoms with van der Waals surface area (Å²) in [6.07, 6.45) is 3.56. The van der Waals surface area contributed by atoms with Crippen molar-refractivity contribution in [3.05, 3.63) is 64.2 Å². The fraction of sp³-hybridized carbons (Fsp3) is 0.500. The van der Waals surface area contributed by atoms with Gasteiger partial charge in [-0.15, -0.1) is 0 Å². The highest BCUT2D eigenvalue weighted by Gasteiger charge is 2.21. The lowest BCUT2D eigenvalue weighted by Gasteiger charge is -2.25. The lowest BCUT2D eigenvalue weighted by atomic mass is 9.83. The van der Waals surface area contributed by atoms with Crippen molar-refractivity contribution in [2.75, 3.05) is 18.0 Å². The Morgan fingerprint density at radius 2 is 1.61 bits per heavy atom. The average Bonchev–Trinajstić information content (AvgIpc) is 3.21. The molecule has 1 fully saturated rings. The molecule has 1 unspecified atom stereocenters. The number of hydrogen-bond acceptors (Lipinski definition) is 2. The van der Waals surface area contributed by atoms with Crippen LogP contribution < -0.4 is 4.90 Å². The minimum absolute atomic E-state index is 0.324. The first kappa shape index (κ1) is 20.5. The van der Waals surface area contributed by atoms with E-state index in [1.165, 1.54) is 53.9 Å². The van der Waals surface area contributed by atoms with E-state index in [1.807, 2.05) is 12.1 Å². The van der Waals surface area contributed by atoms with Crippen molar-refractivity contribution < 1.29 is 0 Å². The van der Waals surface area contributed by atoms with Crippen LogP contribution in [-0.2, 0) is 6.42 Å². The van der Waals surface area contributed by atoms with Gasteiger partial charge in [0.2, 0.25) is 0 Å². The third kappa shape index (κ3) is 4.25.